The lowest BCUT2D eigenvalue weighted by Crippen LogP contribution is -1.89. The Morgan fingerprint density at radius 3 is 2.38 bits per heavy atom. The Kier molecular flexibility index (Phi) is 9.80. The van der Waals surface area contributed by atoms with E-state index in [0.717, 1.165) is 19.3 Å². The Hall–Kier alpha value is -1.04. The van der Waals surface area contributed by atoms with E-state index in [1.165, 1.54) is 18.4 Å². The summed E-state index contributed by atoms with van der Waals surface area (Å²) >= 11 is 0. The molecule has 0 bridgehead atoms. The average Bonchev–Trinajstić information content (AvgIpc) is 2.29. The van der Waals surface area contributed by atoms with Crippen molar-refractivity contribution in [3.05, 3.63) is 48.1 Å². The largest absolute Gasteiger partial charge is 0.103 e. The van der Waals surface area contributed by atoms with Gasteiger partial charge in [0.1, 0.15) is 0 Å². The van der Waals surface area contributed by atoms with Gasteiger partial charge in [-0.25, -0.2) is 0 Å². The lowest BCUT2D eigenvalue weighted by atomic mass is 9.97. The molecule has 0 heteroatoms. The van der Waals surface area contributed by atoms with Crippen LogP contribution in [0.15, 0.2) is 48.1 Å². The molecule has 0 radical (unpaired) electrons. The number of rotatable bonds is 8. The van der Waals surface area contributed by atoms with Crippen molar-refractivity contribution in [3.63, 3.8) is 0 Å². The SMILES string of the molecule is C=CCC(CCC)=C(C=CCC)CC=CC. The van der Waals surface area contributed by atoms with Gasteiger partial charge in [0, 0.05) is 0 Å². The highest BCUT2D eigenvalue weighted by Gasteiger charge is 2.00. The van der Waals surface area contributed by atoms with Gasteiger partial charge in [0.25, 0.3) is 0 Å². The highest BCUT2D eigenvalue weighted by molar-refractivity contribution is 5.29. The molecule has 0 rings (SSSR count). The van der Waals surface area contributed by atoms with E-state index >= 15 is 0 Å². The second-order valence-electron chi connectivity index (χ2n) is 3.96. The molecule has 0 atom stereocenters. The fourth-order valence-corrected chi connectivity index (χ4v) is 1.70. The molecule has 0 aromatic heterocycles. The van der Waals surface area contributed by atoms with Gasteiger partial charge in [-0.3, -0.25) is 0 Å². The molecule has 0 N–H and O–H groups in total. The lowest BCUT2D eigenvalue weighted by molar-refractivity contribution is 0.863. The minimum absolute atomic E-state index is 1.02. The van der Waals surface area contributed by atoms with Gasteiger partial charge in [0.05, 0.1) is 0 Å². The summed E-state index contributed by atoms with van der Waals surface area (Å²) in [6.07, 6.45) is 16.5. The monoisotopic (exact) mass is 218 g/mol. The van der Waals surface area contributed by atoms with Gasteiger partial charge in [-0.2, -0.15) is 0 Å². The first-order valence-corrected chi connectivity index (χ1v) is 6.39. The maximum Gasteiger partial charge on any atom is -0.00980 e. The maximum absolute atomic E-state index is 3.85. The molecule has 0 heterocycles. The van der Waals surface area contributed by atoms with Crippen LogP contribution < -0.4 is 0 Å². The molecule has 0 aromatic carbocycles. The maximum atomic E-state index is 3.85. The summed E-state index contributed by atoms with van der Waals surface area (Å²) in [5, 5.41) is 0. The van der Waals surface area contributed by atoms with Crippen molar-refractivity contribution < 1.29 is 0 Å². The third kappa shape index (κ3) is 6.44. The molecule has 0 fully saturated rings. The first-order chi connectivity index (χ1) is 7.79. The molecule has 0 aliphatic heterocycles. The first-order valence-electron chi connectivity index (χ1n) is 6.39. The molecule has 0 aliphatic rings. The van der Waals surface area contributed by atoms with Crippen molar-refractivity contribution >= 4 is 0 Å². The molecule has 16 heavy (non-hydrogen) atoms. The van der Waals surface area contributed by atoms with E-state index < -0.39 is 0 Å². The third-order valence-corrected chi connectivity index (χ3v) is 2.52. The second kappa shape index (κ2) is 10.5. The predicted octanol–water partition coefficient (Wildman–Crippen LogP) is 5.59. The van der Waals surface area contributed by atoms with Crippen LogP contribution in [-0.4, -0.2) is 0 Å². The second-order valence-corrected chi connectivity index (χ2v) is 3.96. The highest BCUT2D eigenvalue weighted by Crippen LogP contribution is 2.20. The van der Waals surface area contributed by atoms with Crippen LogP contribution in [0.1, 0.15) is 52.9 Å². The average molecular weight is 218 g/mol. The molecule has 0 saturated carbocycles. The van der Waals surface area contributed by atoms with Crippen molar-refractivity contribution in [1.29, 1.82) is 0 Å². The van der Waals surface area contributed by atoms with Crippen LogP contribution in [0.2, 0.25) is 0 Å². The zero-order chi connectivity index (χ0) is 12.2. The van der Waals surface area contributed by atoms with E-state index in [2.05, 4.69) is 51.7 Å². The van der Waals surface area contributed by atoms with Gasteiger partial charge in [-0.15, -0.1) is 6.58 Å². The summed E-state index contributed by atoms with van der Waals surface area (Å²) in [4.78, 5) is 0. The molecule has 0 spiro atoms. The third-order valence-electron chi connectivity index (χ3n) is 2.52. The number of allylic oxidation sites excluding steroid dienone is 7. The molecular weight excluding hydrogens is 192 g/mol. The Balaban J connectivity index is 4.90. The van der Waals surface area contributed by atoms with E-state index in [-0.39, 0.29) is 0 Å². The minimum Gasteiger partial charge on any atom is -0.103 e. The Labute approximate surface area is 101 Å². The standard InChI is InChI=1S/C16H26/c1-5-9-13-16(14-10-6-2)15(11-7-3)12-8-4/h5,7,9-10,14H,3,6,8,11-13H2,1-2,4H3. The summed E-state index contributed by atoms with van der Waals surface area (Å²) in [6, 6.07) is 0. The van der Waals surface area contributed by atoms with Crippen LogP contribution >= 0.6 is 0 Å². The topological polar surface area (TPSA) is 0 Å². The normalized spacial score (nSPS) is 13.4. The molecule has 0 aromatic rings. The Morgan fingerprint density at radius 2 is 1.88 bits per heavy atom. The summed E-state index contributed by atoms with van der Waals surface area (Å²) in [5.74, 6) is 0. The van der Waals surface area contributed by atoms with Gasteiger partial charge >= 0.3 is 0 Å². The van der Waals surface area contributed by atoms with E-state index in [1.54, 1.807) is 5.57 Å². The lowest BCUT2D eigenvalue weighted by Gasteiger charge is -2.09. The van der Waals surface area contributed by atoms with Crippen LogP contribution in [0.4, 0.5) is 0 Å². The molecule has 0 amide bonds. The fraction of sp³-hybridized carbons (Fsp3) is 0.500. The highest BCUT2D eigenvalue weighted by atomic mass is 14.1. The quantitative estimate of drug-likeness (QED) is 0.368. The summed E-state index contributed by atoms with van der Waals surface area (Å²) in [6.45, 7) is 10.3. The van der Waals surface area contributed by atoms with Crippen molar-refractivity contribution in [1.82, 2.24) is 0 Å². The van der Waals surface area contributed by atoms with Gasteiger partial charge < -0.3 is 0 Å². The van der Waals surface area contributed by atoms with Gasteiger partial charge in [-0.05, 0) is 38.2 Å². The van der Waals surface area contributed by atoms with Gasteiger partial charge in [-0.1, -0.05) is 56.2 Å². The van der Waals surface area contributed by atoms with Crippen molar-refractivity contribution in [2.75, 3.05) is 0 Å². The smallest absolute Gasteiger partial charge is 0.00980 e. The van der Waals surface area contributed by atoms with Crippen LogP contribution in [0, 0.1) is 0 Å². The molecule has 90 valence electrons. The predicted molar refractivity (Wildman–Crippen MR) is 75.6 cm³/mol. The van der Waals surface area contributed by atoms with Crippen LogP contribution in [0.5, 0.6) is 0 Å². The van der Waals surface area contributed by atoms with Crippen molar-refractivity contribution in [3.8, 4) is 0 Å². The molecule has 0 aliphatic carbocycles. The Morgan fingerprint density at radius 1 is 1.12 bits per heavy atom. The number of hydrogen-bond donors (Lipinski definition) is 0. The summed E-state index contributed by atoms with van der Waals surface area (Å²) < 4.78 is 0. The Bertz CT molecular complexity index is 264. The summed E-state index contributed by atoms with van der Waals surface area (Å²) in [7, 11) is 0. The molecule has 0 unspecified atom stereocenters. The zero-order valence-corrected chi connectivity index (χ0v) is 11.1. The van der Waals surface area contributed by atoms with Gasteiger partial charge in [0.2, 0.25) is 0 Å². The molecular formula is C16H26. The molecule has 0 saturated heterocycles. The van der Waals surface area contributed by atoms with Crippen molar-refractivity contribution in [2.45, 2.75) is 52.9 Å². The zero-order valence-electron chi connectivity index (χ0n) is 11.1. The van der Waals surface area contributed by atoms with E-state index in [1.807, 2.05) is 6.08 Å². The van der Waals surface area contributed by atoms with Crippen LogP contribution in [0.3, 0.4) is 0 Å². The van der Waals surface area contributed by atoms with E-state index in [0.29, 0.717) is 0 Å². The van der Waals surface area contributed by atoms with E-state index in [4.69, 9.17) is 0 Å². The minimum atomic E-state index is 1.02. The fourth-order valence-electron chi connectivity index (χ4n) is 1.70. The van der Waals surface area contributed by atoms with Crippen molar-refractivity contribution in [2.24, 2.45) is 0 Å². The van der Waals surface area contributed by atoms with Crippen LogP contribution in [0.25, 0.3) is 0 Å². The number of hydrogen-bond acceptors (Lipinski definition) is 0. The molecule has 0 nitrogen and oxygen atoms in total. The van der Waals surface area contributed by atoms with E-state index in [9.17, 15) is 0 Å². The van der Waals surface area contributed by atoms with Gasteiger partial charge in [0.15, 0.2) is 0 Å². The van der Waals surface area contributed by atoms with Crippen LogP contribution in [-0.2, 0) is 0 Å². The summed E-state index contributed by atoms with van der Waals surface area (Å²) in [5.41, 5.74) is 3.02. The first kappa shape index (κ1) is 15.0.